The van der Waals surface area contributed by atoms with E-state index in [4.69, 9.17) is 4.98 Å². The van der Waals surface area contributed by atoms with Gasteiger partial charge >= 0.3 is 0 Å². The molecule has 0 fully saturated rings. The SMILES string of the molecule is CCN(CC)S(=O)(=O)c1ccc2c(=O)n3c4cccc5cccc(nc3c3cccc1c23)c54. The average Bonchev–Trinajstić information content (AvgIpc) is 2.83. The molecule has 2 aromatic heterocycles. The van der Waals surface area contributed by atoms with Gasteiger partial charge in [-0.15, -0.1) is 0 Å². The molecule has 0 unspecified atom stereocenters. The van der Waals surface area contributed by atoms with Gasteiger partial charge in [0.1, 0.15) is 5.65 Å². The number of hydrogen-bond donors (Lipinski definition) is 0. The van der Waals surface area contributed by atoms with E-state index in [1.54, 1.807) is 22.6 Å². The maximum absolute atomic E-state index is 13.8. The molecule has 164 valence electrons. The molecule has 4 aromatic carbocycles. The van der Waals surface area contributed by atoms with Gasteiger partial charge in [0.15, 0.2) is 0 Å². The Labute approximate surface area is 190 Å². The highest BCUT2D eigenvalue weighted by atomic mass is 32.2. The number of pyridine rings is 1. The lowest BCUT2D eigenvalue weighted by Crippen LogP contribution is -2.30. The van der Waals surface area contributed by atoms with Gasteiger partial charge in [-0.3, -0.25) is 9.20 Å². The van der Waals surface area contributed by atoms with E-state index in [1.807, 2.05) is 62.4 Å². The fourth-order valence-corrected chi connectivity index (χ4v) is 6.68. The predicted molar refractivity (Wildman–Crippen MR) is 133 cm³/mol. The number of fused-ring (bicyclic) bond motifs is 3. The standard InChI is InChI=1S/C26H21N3O3S/c1-3-28(4-2)33(31,32)22-15-14-19-24-17(22)10-7-11-18(24)25-27-20-12-5-8-16-9-6-13-21(23(16)20)29(25)26(19)30/h5-15H,3-4H2,1-2H3. The smallest absolute Gasteiger partial charge is 0.264 e. The second kappa shape index (κ2) is 6.97. The third-order valence-corrected chi connectivity index (χ3v) is 8.65. The van der Waals surface area contributed by atoms with E-state index in [0.717, 1.165) is 27.2 Å². The Kier molecular flexibility index (Phi) is 4.24. The van der Waals surface area contributed by atoms with Gasteiger partial charge in [-0.05, 0) is 29.7 Å². The minimum atomic E-state index is -3.70. The van der Waals surface area contributed by atoms with Gasteiger partial charge in [-0.25, -0.2) is 13.4 Å². The largest absolute Gasteiger partial charge is 0.268 e. The molecule has 0 saturated heterocycles. The highest BCUT2D eigenvalue weighted by molar-refractivity contribution is 7.89. The number of aromatic nitrogens is 2. The van der Waals surface area contributed by atoms with E-state index >= 15 is 0 Å². The van der Waals surface area contributed by atoms with Crippen LogP contribution in [-0.2, 0) is 10.0 Å². The molecule has 0 aliphatic carbocycles. The van der Waals surface area contributed by atoms with Crippen LogP contribution in [0.4, 0.5) is 0 Å². The first-order valence-electron chi connectivity index (χ1n) is 11.0. The summed E-state index contributed by atoms with van der Waals surface area (Å²) in [6, 6.07) is 20.5. The number of benzene rings is 4. The van der Waals surface area contributed by atoms with E-state index in [2.05, 4.69) is 0 Å². The zero-order chi connectivity index (χ0) is 22.9. The third kappa shape index (κ3) is 2.60. The van der Waals surface area contributed by atoms with E-state index in [-0.39, 0.29) is 10.5 Å². The Balaban J connectivity index is 1.85. The summed E-state index contributed by atoms with van der Waals surface area (Å²) in [7, 11) is -3.70. The highest BCUT2D eigenvalue weighted by Gasteiger charge is 2.26. The second-order valence-electron chi connectivity index (χ2n) is 8.16. The summed E-state index contributed by atoms with van der Waals surface area (Å²) in [6.07, 6.45) is 0. The summed E-state index contributed by atoms with van der Waals surface area (Å²) in [5.74, 6) is 0. The Hall–Kier alpha value is -3.55. The van der Waals surface area contributed by atoms with Gasteiger partial charge < -0.3 is 0 Å². The van der Waals surface area contributed by atoms with E-state index in [9.17, 15) is 13.2 Å². The summed E-state index contributed by atoms with van der Waals surface area (Å²) in [5.41, 5.74) is 1.92. The van der Waals surface area contributed by atoms with Crippen LogP contribution in [0.3, 0.4) is 0 Å². The molecule has 0 aliphatic heterocycles. The fourth-order valence-electron chi connectivity index (χ4n) is 5.04. The summed E-state index contributed by atoms with van der Waals surface area (Å²) < 4.78 is 29.9. The molecule has 0 radical (unpaired) electrons. The molecule has 6 nitrogen and oxygen atoms in total. The van der Waals surface area contributed by atoms with Gasteiger partial charge in [0, 0.05) is 40.0 Å². The molecule has 0 N–H and O–H groups in total. The first kappa shape index (κ1) is 20.1. The number of hydrogen-bond acceptors (Lipinski definition) is 4. The van der Waals surface area contributed by atoms with Crippen molar-refractivity contribution in [1.29, 1.82) is 0 Å². The molecule has 0 atom stereocenters. The van der Waals surface area contributed by atoms with Gasteiger partial charge in [-0.2, -0.15) is 4.31 Å². The van der Waals surface area contributed by atoms with Gasteiger partial charge in [0.25, 0.3) is 5.56 Å². The molecule has 6 rings (SSSR count). The van der Waals surface area contributed by atoms with Crippen molar-refractivity contribution in [3.8, 4) is 0 Å². The third-order valence-electron chi connectivity index (χ3n) is 6.54. The van der Waals surface area contributed by atoms with Crippen LogP contribution >= 0.6 is 0 Å². The topological polar surface area (TPSA) is 71.8 Å². The Morgan fingerprint density at radius 1 is 0.818 bits per heavy atom. The van der Waals surface area contributed by atoms with Crippen LogP contribution in [0.1, 0.15) is 13.8 Å². The molecule has 0 bridgehead atoms. The maximum Gasteiger partial charge on any atom is 0.264 e. The first-order valence-corrected chi connectivity index (χ1v) is 12.4. The Morgan fingerprint density at radius 2 is 1.52 bits per heavy atom. The summed E-state index contributed by atoms with van der Waals surface area (Å²) in [5, 5.41) is 4.38. The lowest BCUT2D eigenvalue weighted by Gasteiger charge is -2.20. The molecule has 7 heteroatoms. The number of sulfonamides is 1. The van der Waals surface area contributed by atoms with Crippen LogP contribution in [0.5, 0.6) is 0 Å². The Bertz CT molecular complexity index is 1880. The van der Waals surface area contributed by atoms with Crippen molar-refractivity contribution in [2.75, 3.05) is 13.1 Å². The fraction of sp³-hybridized carbons (Fsp3) is 0.154. The van der Waals surface area contributed by atoms with Gasteiger partial charge in [-0.1, -0.05) is 56.3 Å². The van der Waals surface area contributed by atoms with E-state index in [0.29, 0.717) is 34.9 Å². The highest BCUT2D eigenvalue weighted by Crippen LogP contribution is 2.35. The molecule has 0 aliphatic rings. The minimum absolute atomic E-state index is 0.203. The van der Waals surface area contributed by atoms with E-state index in [1.165, 1.54) is 4.31 Å². The van der Waals surface area contributed by atoms with Crippen molar-refractivity contribution in [3.63, 3.8) is 0 Å². The summed E-state index contributed by atoms with van der Waals surface area (Å²) in [6.45, 7) is 4.40. The van der Waals surface area contributed by atoms with Crippen molar-refractivity contribution < 1.29 is 8.42 Å². The van der Waals surface area contributed by atoms with Crippen molar-refractivity contribution >= 4 is 59.0 Å². The molecule has 2 heterocycles. The maximum atomic E-state index is 13.8. The van der Waals surface area contributed by atoms with Crippen LogP contribution in [0.15, 0.2) is 76.4 Å². The zero-order valence-electron chi connectivity index (χ0n) is 18.2. The summed E-state index contributed by atoms with van der Waals surface area (Å²) >= 11 is 0. The number of nitrogens with zero attached hydrogens (tertiary/aromatic N) is 3. The molecule has 0 amide bonds. The molecular weight excluding hydrogens is 434 g/mol. The molecule has 0 saturated carbocycles. The van der Waals surface area contributed by atoms with E-state index < -0.39 is 10.0 Å². The van der Waals surface area contributed by atoms with Crippen molar-refractivity contribution in [2.45, 2.75) is 18.7 Å². The Morgan fingerprint density at radius 3 is 2.27 bits per heavy atom. The number of rotatable bonds is 4. The molecule has 33 heavy (non-hydrogen) atoms. The van der Waals surface area contributed by atoms with Crippen LogP contribution in [-0.4, -0.2) is 35.2 Å². The lowest BCUT2D eigenvalue weighted by atomic mass is 10.0. The normalized spacial score (nSPS) is 12.8. The van der Waals surface area contributed by atoms with Crippen LogP contribution < -0.4 is 5.56 Å². The summed E-state index contributed by atoms with van der Waals surface area (Å²) in [4.78, 5) is 18.9. The average molecular weight is 456 g/mol. The lowest BCUT2D eigenvalue weighted by molar-refractivity contribution is 0.446. The van der Waals surface area contributed by atoms with Crippen molar-refractivity contribution in [2.24, 2.45) is 0 Å². The monoisotopic (exact) mass is 455 g/mol. The molecular formula is C26H21N3O3S. The van der Waals surface area contributed by atoms with Crippen molar-refractivity contribution in [3.05, 3.63) is 77.1 Å². The molecule has 6 aromatic rings. The minimum Gasteiger partial charge on any atom is -0.268 e. The van der Waals surface area contributed by atoms with Gasteiger partial charge in [0.2, 0.25) is 10.0 Å². The predicted octanol–water partition coefficient (Wildman–Crippen LogP) is 4.78. The zero-order valence-corrected chi connectivity index (χ0v) is 19.1. The molecule has 0 spiro atoms. The van der Waals surface area contributed by atoms with Crippen LogP contribution in [0.2, 0.25) is 0 Å². The second-order valence-corrected chi connectivity index (χ2v) is 10.1. The first-order chi connectivity index (χ1) is 16.0. The van der Waals surface area contributed by atoms with Crippen molar-refractivity contribution in [1.82, 2.24) is 13.7 Å². The van der Waals surface area contributed by atoms with Crippen LogP contribution in [0, 0.1) is 0 Å². The van der Waals surface area contributed by atoms with Crippen LogP contribution in [0.25, 0.3) is 49.0 Å². The quantitative estimate of drug-likeness (QED) is 0.283. The van der Waals surface area contributed by atoms with Gasteiger partial charge in [0.05, 0.1) is 15.9 Å².